The van der Waals surface area contributed by atoms with Crippen LogP contribution in [0.4, 0.5) is 5.88 Å². The van der Waals surface area contributed by atoms with Crippen molar-refractivity contribution in [1.29, 1.82) is 0 Å². The van der Waals surface area contributed by atoms with Crippen LogP contribution >= 0.6 is 0 Å². The summed E-state index contributed by atoms with van der Waals surface area (Å²) in [6.07, 6.45) is 1.91. The minimum absolute atomic E-state index is 0.348. The predicted octanol–water partition coefficient (Wildman–Crippen LogP) is 3.22. The maximum Gasteiger partial charge on any atom is 0.230 e. The number of nitrogens with two attached hydrogens (primary N) is 1. The molecular formula is C16H20N2O3. The molecule has 0 amide bonds. The van der Waals surface area contributed by atoms with E-state index in [1.165, 1.54) is 0 Å². The van der Waals surface area contributed by atoms with E-state index in [2.05, 4.69) is 5.16 Å². The molecule has 1 aliphatic heterocycles. The van der Waals surface area contributed by atoms with E-state index in [0.29, 0.717) is 18.4 Å². The van der Waals surface area contributed by atoms with E-state index in [4.69, 9.17) is 19.7 Å². The number of nitrogens with zero attached hydrogens (tertiary/aromatic N) is 1. The van der Waals surface area contributed by atoms with Crippen LogP contribution in [0.1, 0.15) is 31.4 Å². The Morgan fingerprint density at radius 3 is 2.62 bits per heavy atom. The average molecular weight is 288 g/mol. The van der Waals surface area contributed by atoms with E-state index < -0.39 is 0 Å². The van der Waals surface area contributed by atoms with Crippen molar-refractivity contribution >= 4 is 5.88 Å². The highest BCUT2D eigenvalue weighted by Crippen LogP contribution is 2.38. The van der Waals surface area contributed by atoms with Crippen LogP contribution in [0.2, 0.25) is 0 Å². The molecule has 1 aromatic heterocycles. The summed E-state index contributed by atoms with van der Waals surface area (Å²) in [4.78, 5) is 0. The second kappa shape index (κ2) is 6.18. The van der Waals surface area contributed by atoms with Gasteiger partial charge in [0.15, 0.2) is 0 Å². The minimum Gasteiger partial charge on any atom is -0.494 e. The first-order valence-electron chi connectivity index (χ1n) is 7.35. The number of hydrogen-bond donors (Lipinski definition) is 1. The van der Waals surface area contributed by atoms with Gasteiger partial charge in [0, 0.05) is 19.1 Å². The second-order valence-electron chi connectivity index (χ2n) is 5.15. The Morgan fingerprint density at radius 2 is 1.95 bits per heavy atom. The maximum atomic E-state index is 5.99. The van der Waals surface area contributed by atoms with Crippen molar-refractivity contribution in [1.82, 2.24) is 5.16 Å². The zero-order chi connectivity index (χ0) is 14.7. The van der Waals surface area contributed by atoms with E-state index in [-0.39, 0.29) is 0 Å². The molecule has 3 rings (SSSR count). The summed E-state index contributed by atoms with van der Waals surface area (Å²) < 4.78 is 16.1. The predicted molar refractivity (Wildman–Crippen MR) is 80.3 cm³/mol. The minimum atomic E-state index is 0.348. The Morgan fingerprint density at radius 1 is 1.24 bits per heavy atom. The van der Waals surface area contributed by atoms with Gasteiger partial charge in [0.1, 0.15) is 5.75 Å². The Hall–Kier alpha value is -2.01. The molecule has 5 heteroatoms. The highest BCUT2D eigenvalue weighted by atomic mass is 16.5. The van der Waals surface area contributed by atoms with Crippen molar-refractivity contribution in [3.05, 3.63) is 30.0 Å². The highest BCUT2D eigenvalue weighted by Gasteiger charge is 2.25. The molecule has 2 aromatic rings. The number of hydrogen-bond acceptors (Lipinski definition) is 5. The second-order valence-corrected chi connectivity index (χ2v) is 5.15. The molecule has 21 heavy (non-hydrogen) atoms. The number of nitrogen functional groups attached to an aromatic ring is 1. The highest BCUT2D eigenvalue weighted by molar-refractivity contribution is 5.75. The summed E-state index contributed by atoms with van der Waals surface area (Å²) in [5.41, 5.74) is 8.85. The van der Waals surface area contributed by atoms with Gasteiger partial charge in [-0.1, -0.05) is 17.3 Å². The summed E-state index contributed by atoms with van der Waals surface area (Å²) in [5, 5.41) is 4.19. The number of anilines is 1. The van der Waals surface area contributed by atoms with Crippen LogP contribution in [0.15, 0.2) is 28.8 Å². The largest absolute Gasteiger partial charge is 0.494 e. The molecule has 0 spiro atoms. The van der Waals surface area contributed by atoms with Gasteiger partial charge in [0.2, 0.25) is 5.88 Å². The van der Waals surface area contributed by atoms with Gasteiger partial charge in [0.05, 0.1) is 17.9 Å². The number of aromatic nitrogens is 1. The SMILES string of the molecule is CCOc1ccc(-c2c(C3CCOCC3)noc2N)cc1. The van der Waals surface area contributed by atoms with E-state index in [1.807, 2.05) is 31.2 Å². The van der Waals surface area contributed by atoms with Crippen molar-refractivity contribution in [2.24, 2.45) is 0 Å². The van der Waals surface area contributed by atoms with Gasteiger partial charge in [-0.05, 0) is 37.5 Å². The van der Waals surface area contributed by atoms with Crippen molar-refractivity contribution < 1.29 is 14.0 Å². The van der Waals surface area contributed by atoms with Gasteiger partial charge in [0.25, 0.3) is 0 Å². The van der Waals surface area contributed by atoms with Crippen LogP contribution in [-0.4, -0.2) is 25.0 Å². The van der Waals surface area contributed by atoms with Crippen LogP contribution < -0.4 is 10.5 Å². The van der Waals surface area contributed by atoms with Gasteiger partial charge >= 0.3 is 0 Å². The topological polar surface area (TPSA) is 70.5 Å². The fourth-order valence-corrected chi connectivity index (χ4v) is 2.74. The molecule has 1 saturated heterocycles. The summed E-state index contributed by atoms with van der Waals surface area (Å²) >= 11 is 0. The quantitative estimate of drug-likeness (QED) is 0.935. The Bertz CT molecular complexity index is 586. The zero-order valence-corrected chi connectivity index (χ0v) is 12.2. The van der Waals surface area contributed by atoms with Gasteiger partial charge < -0.3 is 19.7 Å². The van der Waals surface area contributed by atoms with Crippen LogP contribution in [0.25, 0.3) is 11.1 Å². The van der Waals surface area contributed by atoms with Crippen molar-refractivity contribution in [3.63, 3.8) is 0 Å². The molecule has 0 saturated carbocycles. The normalized spacial score (nSPS) is 16.0. The number of benzene rings is 1. The standard InChI is InChI=1S/C16H20N2O3/c1-2-20-13-5-3-11(4-6-13)14-15(18-21-16(14)17)12-7-9-19-10-8-12/h3-6,12H,2,7-10,17H2,1H3. The molecule has 1 aromatic carbocycles. The van der Waals surface area contributed by atoms with Crippen molar-refractivity contribution in [2.75, 3.05) is 25.6 Å². The molecule has 5 nitrogen and oxygen atoms in total. The maximum absolute atomic E-state index is 5.99. The molecule has 2 N–H and O–H groups in total. The van der Waals surface area contributed by atoms with E-state index in [1.54, 1.807) is 0 Å². The molecule has 2 heterocycles. The monoisotopic (exact) mass is 288 g/mol. The zero-order valence-electron chi connectivity index (χ0n) is 12.2. The van der Waals surface area contributed by atoms with Gasteiger partial charge in [-0.25, -0.2) is 0 Å². The van der Waals surface area contributed by atoms with Gasteiger partial charge in [-0.3, -0.25) is 0 Å². The third-order valence-corrected chi connectivity index (χ3v) is 3.81. The molecule has 0 unspecified atom stereocenters. The molecule has 1 aliphatic rings. The lowest BCUT2D eigenvalue weighted by Crippen LogP contribution is -2.15. The lowest BCUT2D eigenvalue weighted by molar-refractivity contribution is 0.0839. The first-order chi connectivity index (χ1) is 10.3. The van der Waals surface area contributed by atoms with Gasteiger partial charge in [-0.15, -0.1) is 0 Å². The van der Waals surface area contributed by atoms with Crippen molar-refractivity contribution in [2.45, 2.75) is 25.7 Å². The lowest BCUT2D eigenvalue weighted by atomic mass is 9.91. The van der Waals surface area contributed by atoms with Crippen LogP contribution in [0, 0.1) is 0 Å². The van der Waals surface area contributed by atoms with Crippen molar-refractivity contribution in [3.8, 4) is 16.9 Å². The molecule has 112 valence electrons. The van der Waals surface area contributed by atoms with Crippen LogP contribution in [-0.2, 0) is 4.74 Å². The Kier molecular flexibility index (Phi) is 4.10. The Balaban J connectivity index is 1.91. The summed E-state index contributed by atoms with van der Waals surface area (Å²) in [6.45, 7) is 4.15. The van der Waals surface area contributed by atoms with E-state index in [9.17, 15) is 0 Å². The van der Waals surface area contributed by atoms with Gasteiger partial charge in [-0.2, -0.15) is 0 Å². The molecule has 0 atom stereocenters. The first kappa shape index (κ1) is 13.9. The molecular weight excluding hydrogens is 268 g/mol. The third-order valence-electron chi connectivity index (χ3n) is 3.81. The fourth-order valence-electron chi connectivity index (χ4n) is 2.74. The smallest absolute Gasteiger partial charge is 0.230 e. The molecule has 1 fully saturated rings. The number of rotatable bonds is 4. The molecule has 0 aliphatic carbocycles. The summed E-state index contributed by atoms with van der Waals surface area (Å²) in [7, 11) is 0. The molecule has 0 bridgehead atoms. The first-order valence-corrected chi connectivity index (χ1v) is 7.35. The number of ether oxygens (including phenoxy) is 2. The molecule has 0 radical (unpaired) electrons. The third kappa shape index (κ3) is 2.88. The van der Waals surface area contributed by atoms with E-state index >= 15 is 0 Å². The van der Waals surface area contributed by atoms with Crippen LogP contribution in [0.5, 0.6) is 5.75 Å². The summed E-state index contributed by atoms with van der Waals surface area (Å²) in [5.74, 6) is 1.57. The lowest BCUT2D eigenvalue weighted by Gasteiger charge is -2.20. The fraction of sp³-hybridized carbons (Fsp3) is 0.438. The summed E-state index contributed by atoms with van der Waals surface area (Å²) in [6, 6.07) is 7.88. The average Bonchev–Trinajstić information content (AvgIpc) is 2.91. The Labute approximate surface area is 124 Å². The van der Waals surface area contributed by atoms with Crippen LogP contribution in [0.3, 0.4) is 0 Å². The van der Waals surface area contributed by atoms with E-state index in [0.717, 1.165) is 48.6 Å².